The first kappa shape index (κ1) is 20.7. The summed E-state index contributed by atoms with van der Waals surface area (Å²) < 4.78 is 19.8. The Morgan fingerprint density at radius 2 is 1.84 bits per heavy atom. The van der Waals surface area contributed by atoms with Gasteiger partial charge in [-0.15, -0.1) is 0 Å². The van der Waals surface area contributed by atoms with Crippen molar-refractivity contribution in [3.8, 4) is 11.4 Å². The van der Waals surface area contributed by atoms with Crippen molar-refractivity contribution in [2.45, 2.75) is 25.0 Å². The lowest BCUT2D eigenvalue weighted by atomic mass is 9.90. The molecule has 0 saturated carbocycles. The summed E-state index contributed by atoms with van der Waals surface area (Å²) in [6, 6.07) is 16.1. The number of likely N-dealkylation sites (tertiary alicyclic amines) is 1. The number of carbonyl (C=O) groups excluding carboxylic acids is 1. The summed E-state index contributed by atoms with van der Waals surface area (Å²) >= 11 is 0. The Kier molecular flexibility index (Phi) is 5.68. The van der Waals surface area contributed by atoms with Gasteiger partial charge in [0.05, 0.1) is 12.1 Å². The predicted molar refractivity (Wildman–Crippen MR) is 119 cm³/mol. The highest BCUT2D eigenvalue weighted by atomic mass is 19.1. The molecule has 7 heteroatoms. The number of hydrogen-bond donors (Lipinski definition) is 0. The van der Waals surface area contributed by atoms with E-state index in [-0.39, 0.29) is 18.3 Å². The van der Waals surface area contributed by atoms with Crippen molar-refractivity contribution < 1.29 is 13.9 Å². The average molecular weight is 432 g/mol. The number of benzene rings is 2. The zero-order chi connectivity index (χ0) is 22.0. The van der Waals surface area contributed by atoms with E-state index in [4.69, 9.17) is 4.74 Å². The van der Waals surface area contributed by atoms with Crippen LogP contribution in [0.5, 0.6) is 0 Å². The van der Waals surface area contributed by atoms with Gasteiger partial charge >= 0.3 is 0 Å². The first-order chi connectivity index (χ1) is 15.6. The molecule has 2 saturated heterocycles. The zero-order valence-electron chi connectivity index (χ0n) is 17.8. The Morgan fingerprint density at radius 3 is 2.62 bits per heavy atom. The van der Waals surface area contributed by atoms with E-state index < -0.39 is 5.60 Å². The average Bonchev–Trinajstić information content (AvgIpc) is 2.82. The van der Waals surface area contributed by atoms with Crippen LogP contribution in [0, 0.1) is 5.82 Å². The number of aromatic nitrogens is 2. The molecule has 0 aliphatic carbocycles. The number of carbonyl (C=O) groups is 1. The van der Waals surface area contributed by atoms with Crippen LogP contribution in [-0.4, -0.2) is 52.6 Å². The van der Waals surface area contributed by atoms with E-state index in [2.05, 4.69) is 14.9 Å². The highest BCUT2D eigenvalue weighted by Gasteiger charge is 2.43. The number of nitrogens with zero attached hydrogens (tertiary/aromatic N) is 4. The van der Waals surface area contributed by atoms with Crippen LogP contribution >= 0.6 is 0 Å². The van der Waals surface area contributed by atoms with Crippen LogP contribution in [0.1, 0.15) is 18.4 Å². The Morgan fingerprint density at radius 1 is 1.03 bits per heavy atom. The van der Waals surface area contributed by atoms with E-state index in [0.717, 1.165) is 30.5 Å². The fourth-order valence-electron chi connectivity index (χ4n) is 4.60. The minimum atomic E-state index is -0.455. The normalized spacial score (nSPS) is 21.8. The van der Waals surface area contributed by atoms with Crippen molar-refractivity contribution in [3.63, 3.8) is 0 Å². The number of amides is 1. The number of rotatable bonds is 4. The van der Waals surface area contributed by atoms with E-state index >= 15 is 0 Å². The van der Waals surface area contributed by atoms with Gasteiger partial charge in [0.15, 0.2) is 5.82 Å². The van der Waals surface area contributed by atoms with E-state index in [1.807, 2.05) is 42.7 Å². The Bertz CT molecular complexity index is 1090. The number of anilines is 1. The van der Waals surface area contributed by atoms with Crippen molar-refractivity contribution in [2.24, 2.45) is 0 Å². The molecule has 32 heavy (non-hydrogen) atoms. The molecule has 2 aromatic carbocycles. The lowest BCUT2D eigenvalue weighted by Crippen LogP contribution is -2.61. The predicted octanol–water partition coefficient (Wildman–Crippen LogP) is 3.68. The molecule has 2 fully saturated rings. The fourth-order valence-corrected chi connectivity index (χ4v) is 4.60. The van der Waals surface area contributed by atoms with Gasteiger partial charge in [-0.1, -0.05) is 36.4 Å². The van der Waals surface area contributed by atoms with Crippen molar-refractivity contribution >= 4 is 11.6 Å². The van der Waals surface area contributed by atoms with Gasteiger partial charge in [-0.25, -0.2) is 14.4 Å². The molecule has 0 radical (unpaired) electrons. The van der Waals surface area contributed by atoms with Crippen LogP contribution in [-0.2, 0) is 16.1 Å². The molecule has 1 spiro atoms. The van der Waals surface area contributed by atoms with E-state index in [9.17, 15) is 9.18 Å². The molecule has 1 unspecified atom stereocenters. The summed E-state index contributed by atoms with van der Waals surface area (Å²) in [5.74, 6) is 0.229. The smallest absolute Gasteiger partial charge is 0.253 e. The number of ether oxygens (including phenoxy) is 1. The standard InChI is InChI=1S/C25H25FN4O2/c26-21-8-4-9-22(12-21)30-18-25(32-16-23(30)31)10-5-11-29(17-25)15-19-13-27-24(28-14-19)20-6-2-1-3-7-20/h1-4,6-9,12-14H,5,10-11,15-18H2. The third-order valence-electron chi connectivity index (χ3n) is 6.13. The van der Waals surface area contributed by atoms with Crippen LogP contribution in [0.2, 0.25) is 0 Å². The maximum Gasteiger partial charge on any atom is 0.253 e. The highest BCUT2D eigenvalue weighted by molar-refractivity contribution is 5.95. The monoisotopic (exact) mass is 432 g/mol. The molecule has 1 atom stereocenters. The summed E-state index contributed by atoms with van der Waals surface area (Å²) in [5.41, 5.74) is 2.16. The second-order valence-electron chi connectivity index (χ2n) is 8.53. The Hall–Kier alpha value is -3.16. The number of hydrogen-bond acceptors (Lipinski definition) is 5. The van der Waals surface area contributed by atoms with Gasteiger partial charge in [0.1, 0.15) is 12.4 Å². The van der Waals surface area contributed by atoms with Crippen LogP contribution in [0.15, 0.2) is 67.0 Å². The van der Waals surface area contributed by atoms with E-state index in [0.29, 0.717) is 31.1 Å². The summed E-state index contributed by atoms with van der Waals surface area (Å²) in [5, 5.41) is 0. The van der Waals surface area contributed by atoms with Crippen molar-refractivity contribution in [2.75, 3.05) is 31.1 Å². The van der Waals surface area contributed by atoms with Crippen molar-refractivity contribution in [1.29, 1.82) is 0 Å². The maximum atomic E-state index is 13.7. The van der Waals surface area contributed by atoms with Crippen LogP contribution in [0.25, 0.3) is 11.4 Å². The summed E-state index contributed by atoms with van der Waals surface area (Å²) in [6.45, 7) is 2.80. The van der Waals surface area contributed by atoms with Crippen molar-refractivity contribution in [3.05, 3.63) is 78.4 Å². The Balaban J connectivity index is 1.28. The third kappa shape index (κ3) is 4.40. The molecule has 3 heterocycles. The minimum Gasteiger partial charge on any atom is -0.362 e. The van der Waals surface area contributed by atoms with Crippen LogP contribution in [0.3, 0.4) is 0 Å². The molecule has 3 aromatic rings. The van der Waals surface area contributed by atoms with Gasteiger partial charge in [-0.3, -0.25) is 9.69 Å². The third-order valence-corrected chi connectivity index (χ3v) is 6.13. The molecule has 0 bridgehead atoms. The second-order valence-corrected chi connectivity index (χ2v) is 8.53. The van der Waals surface area contributed by atoms with Gasteiger partial charge in [-0.05, 0) is 37.6 Å². The van der Waals surface area contributed by atoms with Gasteiger partial charge in [0, 0.05) is 42.3 Å². The van der Waals surface area contributed by atoms with Gasteiger partial charge in [0.2, 0.25) is 0 Å². The molecule has 2 aliphatic heterocycles. The van der Waals surface area contributed by atoms with Gasteiger partial charge in [-0.2, -0.15) is 0 Å². The molecule has 0 N–H and O–H groups in total. The second kappa shape index (κ2) is 8.76. The highest BCUT2D eigenvalue weighted by Crippen LogP contribution is 2.32. The molecule has 1 aromatic heterocycles. The summed E-state index contributed by atoms with van der Waals surface area (Å²) in [4.78, 5) is 25.5. The summed E-state index contributed by atoms with van der Waals surface area (Å²) in [6.07, 6.45) is 5.59. The quantitative estimate of drug-likeness (QED) is 0.630. The fraction of sp³-hybridized carbons (Fsp3) is 0.320. The van der Waals surface area contributed by atoms with Gasteiger partial charge < -0.3 is 9.64 Å². The largest absolute Gasteiger partial charge is 0.362 e. The van der Waals surface area contributed by atoms with E-state index in [1.165, 1.54) is 12.1 Å². The molecule has 6 nitrogen and oxygen atoms in total. The molecule has 1 amide bonds. The lowest BCUT2D eigenvalue weighted by Gasteiger charge is -2.47. The van der Waals surface area contributed by atoms with Gasteiger partial charge in [0.25, 0.3) is 5.91 Å². The molecule has 2 aliphatic rings. The van der Waals surface area contributed by atoms with Crippen molar-refractivity contribution in [1.82, 2.24) is 14.9 Å². The number of piperidine rings is 1. The first-order valence-electron chi connectivity index (χ1n) is 10.9. The number of halogens is 1. The van der Waals surface area contributed by atoms with Crippen LogP contribution < -0.4 is 4.90 Å². The molecule has 5 rings (SSSR count). The Labute approximate surface area is 186 Å². The summed E-state index contributed by atoms with van der Waals surface area (Å²) in [7, 11) is 0. The minimum absolute atomic E-state index is 0.0131. The lowest BCUT2D eigenvalue weighted by molar-refractivity contribution is -0.146. The SMILES string of the molecule is O=C1COC2(CCCN(Cc3cnc(-c4ccccc4)nc3)C2)CN1c1cccc(F)c1. The zero-order valence-corrected chi connectivity index (χ0v) is 17.8. The maximum absolute atomic E-state index is 13.7. The molecular formula is C25H25FN4O2. The topological polar surface area (TPSA) is 58.6 Å². The molecule has 164 valence electrons. The molecular weight excluding hydrogens is 407 g/mol. The number of morpholine rings is 1. The first-order valence-corrected chi connectivity index (χ1v) is 10.9. The van der Waals surface area contributed by atoms with E-state index in [1.54, 1.807) is 17.0 Å². The van der Waals surface area contributed by atoms with Crippen LogP contribution in [0.4, 0.5) is 10.1 Å².